The molecule has 0 aromatic heterocycles. The van der Waals surface area contributed by atoms with Gasteiger partial charge in [0.25, 0.3) is 0 Å². The van der Waals surface area contributed by atoms with Crippen LogP contribution < -0.4 is 5.32 Å². The van der Waals surface area contributed by atoms with E-state index in [9.17, 15) is 4.79 Å². The van der Waals surface area contributed by atoms with E-state index in [2.05, 4.69) is 39.0 Å². The van der Waals surface area contributed by atoms with E-state index in [1.54, 1.807) is 0 Å². The lowest BCUT2D eigenvalue weighted by Crippen LogP contribution is -2.57. The molecule has 0 bridgehead atoms. The topological polar surface area (TPSA) is 42.1 Å². The summed E-state index contributed by atoms with van der Waals surface area (Å²) in [5, 5.41) is 3.58. The summed E-state index contributed by atoms with van der Waals surface area (Å²) in [5.41, 5.74) is 0. The molecule has 0 spiro atoms. The maximum absolute atomic E-state index is 12.8. The number of nitrogens with one attached hydrogen (secondary N) is 1. The minimum atomic E-state index is -0.0525. The smallest absolute Gasteiger partial charge is 0.239 e. The maximum Gasteiger partial charge on any atom is 0.239 e. The first-order chi connectivity index (χ1) is 12.0. The van der Waals surface area contributed by atoms with Gasteiger partial charge in [-0.2, -0.15) is 0 Å². The summed E-state index contributed by atoms with van der Waals surface area (Å²) in [6.45, 7) is 10.6. The van der Waals surface area contributed by atoms with Gasteiger partial charge in [-0.05, 0) is 72.9 Å². The number of rotatable bonds is 4. The highest BCUT2D eigenvalue weighted by Gasteiger charge is 2.30. The van der Waals surface area contributed by atoms with Crippen LogP contribution in [-0.4, -0.2) is 110 Å². The molecule has 1 amide bonds. The van der Waals surface area contributed by atoms with Crippen LogP contribution in [0, 0.1) is 0 Å². The SMILES string of the molecule is C[C@@H](NC1CCN(C)CC1)C(=O)N1CCN(C2CCN(C)CC2)CC1. The minimum Gasteiger partial charge on any atom is -0.339 e. The second-order valence-electron chi connectivity index (χ2n) is 8.36. The molecule has 3 aliphatic rings. The fourth-order valence-corrected chi connectivity index (χ4v) is 4.54. The van der Waals surface area contributed by atoms with E-state index in [-0.39, 0.29) is 6.04 Å². The van der Waals surface area contributed by atoms with E-state index in [1.807, 2.05) is 6.92 Å². The van der Waals surface area contributed by atoms with Crippen LogP contribution in [-0.2, 0) is 4.79 Å². The van der Waals surface area contributed by atoms with Crippen molar-refractivity contribution in [2.45, 2.75) is 50.7 Å². The van der Waals surface area contributed by atoms with Gasteiger partial charge in [0.2, 0.25) is 5.91 Å². The summed E-state index contributed by atoms with van der Waals surface area (Å²) in [6.07, 6.45) is 4.85. The summed E-state index contributed by atoms with van der Waals surface area (Å²) in [7, 11) is 4.39. The lowest BCUT2D eigenvalue weighted by molar-refractivity contribution is -0.135. The third-order valence-electron chi connectivity index (χ3n) is 6.41. The summed E-state index contributed by atoms with van der Waals surface area (Å²) >= 11 is 0. The molecule has 0 unspecified atom stereocenters. The van der Waals surface area contributed by atoms with Crippen LogP contribution >= 0.6 is 0 Å². The Hall–Kier alpha value is -0.690. The Kier molecular flexibility index (Phi) is 6.72. The van der Waals surface area contributed by atoms with Gasteiger partial charge in [-0.25, -0.2) is 0 Å². The molecule has 0 aromatic rings. The zero-order valence-electron chi connectivity index (χ0n) is 16.4. The van der Waals surface area contributed by atoms with Crippen LogP contribution in [0.2, 0.25) is 0 Å². The lowest BCUT2D eigenvalue weighted by atomic mass is 10.0. The van der Waals surface area contributed by atoms with E-state index in [0.717, 1.165) is 58.2 Å². The van der Waals surface area contributed by atoms with Crippen LogP contribution in [0.15, 0.2) is 0 Å². The summed E-state index contributed by atoms with van der Waals surface area (Å²) in [6, 6.07) is 1.17. The Morgan fingerprint density at radius 1 is 0.840 bits per heavy atom. The fourth-order valence-electron chi connectivity index (χ4n) is 4.54. The van der Waals surface area contributed by atoms with Crippen LogP contribution in [0.3, 0.4) is 0 Å². The molecular formula is C19H37N5O. The maximum atomic E-state index is 12.8. The molecule has 144 valence electrons. The predicted octanol–water partition coefficient (Wildman–Crippen LogP) is 0.297. The summed E-state index contributed by atoms with van der Waals surface area (Å²) < 4.78 is 0. The largest absolute Gasteiger partial charge is 0.339 e. The van der Waals surface area contributed by atoms with Gasteiger partial charge < -0.3 is 20.0 Å². The molecule has 3 saturated heterocycles. The fraction of sp³-hybridized carbons (Fsp3) is 0.947. The van der Waals surface area contributed by atoms with Crippen molar-refractivity contribution in [2.24, 2.45) is 0 Å². The van der Waals surface area contributed by atoms with E-state index < -0.39 is 0 Å². The molecule has 3 fully saturated rings. The molecule has 0 aromatic carbocycles. The van der Waals surface area contributed by atoms with Crippen LogP contribution in [0.25, 0.3) is 0 Å². The number of piperazine rings is 1. The Balaban J connectivity index is 1.40. The van der Waals surface area contributed by atoms with Gasteiger partial charge in [-0.3, -0.25) is 9.69 Å². The van der Waals surface area contributed by atoms with Gasteiger partial charge in [0.05, 0.1) is 6.04 Å². The predicted molar refractivity (Wildman–Crippen MR) is 102 cm³/mol. The zero-order valence-corrected chi connectivity index (χ0v) is 16.4. The molecule has 3 rings (SSSR count). The van der Waals surface area contributed by atoms with Gasteiger partial charge >= 0.3 is 0 Å². The summed E-state index contributed by atoms with van der Waals surface area (Å²) in [5.74, 6) is 0.293. The molecule has 0 aliphatic carbocycles. The first kappa shape index (κ1) is 19.1. The Morgan fingerprint density at radius 3 is 1.92 bits per heavy atom. The van der Waals surface area contributed by atoms with Gasteiger partial charge in [0.1, 0.15) is 0 Å². The average Bonchev–Trinajstić information content (AvgIpc) is 2.64. The highest BCUT2D eigenvalue weighted by molar-refractivity contribution is 5.81. The third-order valence-corrected chi connectivity index (χ3v) is 6.41. The number of carbonyl (C=O) groups is 1. The highest BCUT2D eigenvalue weighted by atomic mass is 16.2. The number of hydrogen-bond acceptors (Lipinski definition) is 5. The van der Waals surface area contributed by atoms with E-state index >= 15 is 0 Å². The Bertz CT molecular complexity index is 422. The summed E-state index contributed by atoms with van der Waals surface area (Å²) in [4.78, 5) is 22.3. The van der Waals surface area contributed by atoms with Gasteiger partial charge in [-0.1, -0.05) is 0 Å². The first-order valence-corrected chi connectivity index (χ1v) is 10.2. The van der Waals surface area contributed by atoms with Crippen molar-refractivity contribution in [3.05, 3.63) is 0 Å². The standard InChI is InChI=1S/C19H37N5O/c1-16(20-17-4-8-21(2)9-5-17)19(25)24-14-12-23(13-15-24)18-6-10-22(3)11-7-18/h16-18,20H,4-15H2,1-3H3/t16-/m1/s1. The van der Waals surface area contributed by atoms with Crippen molar-refractivity contribution < 1.29 is 4.79 Å². The number of piperidine rings is 2. The van der Waals surface area contributed by atoms with Crippen molar-refractivity contribution in [2.75, 3.05) is 66.5 Å². The van der Waals surface area contributed by atoms with Crippen LogP contribution in [0.1, 0.15) is 32.6 Å². The second kappa shape index (κ2) is 8.80. The van der Waals surface area contributed by atoms with E-state index in [0.29, 0.717) is 11.9 Å². The minimum absolute atomic E-state index is 0.0525. The number of likely N-dealkylation sites (tertiary alicyclic amines) is 2. The number of carbonyl (C=O) groups excluding carboxylic acids is 1. The Morgan fingerprint density at radius 2 is 1.36 bits per heavy atom. The van der Waals surface area contributed by atoms with Gasteiger partial charge in [-0.15, -0.1) is 0 Å². The monoisotopic (exact) mass is 351 g/mol. The second-order valence-corrected chi connectivity index (χ2v) is 8.36. The van der Waals surface area contributed by atoms with Crippen molar-refractivity contribution in [3.8, 4) is 0 Å². The van der Waals surface area contributed by atoms with Gasteiger partial charge in [0, 0.05) is 38.3 Å². The van der Waals surface area contributed by atoms with Crippen LogP contribution in [0.5, 0.6) is 0 Å². The molecule has 6 heteroatoms. The number of nitrogens with zero attached hydrogens (tertiary/aromatic N) is 4. The molecule has 0 saturated carbocycles. The highest BCUT2D eigenvalue weighted by Crippen LogP contribution is 2.18. The Labute approximate surface area is 153 Å². The number of amides is 1. The average molecular weight is 352 g/mol. The van der Waals surface area contributed by atoms with Crippen molar-refractivity contribution in [1.29, 1.82) is 0 Å². The van der Waals surface area contributed by atoms with Gasteiger partial charge in [0.15, 0.2) is 0 Å². The molecule has 25 heavy (non-hydrogen) atoms. The normalized spacial score (nSPS) is 27.6. The van der Waals surface area contributed by atoms with Crippen molar-refractivity contribution in [3.63, 3.8) is 0 Å². The first-order valence-electron chi connectivity index (χ1n) is 10.2. The zero-order chi connectivity index (χ0) is 17.8. The molecule has 0 radical (unpaired) electrons. The molecular weight excluding hydrogens is 314 g/mol. The van der Waals surface area contributed by atoms with Crippen molar-refractivity contribution in [1.82, 2.24) is 24.9 Å². The third kappa shape index (κ3) is 5.16. The molecule has 1 N–H and O–H groups in total. The molecule has 1 atom stereocenters. The number of hydrogen-bond donors (Lipinski definition) is 1. The molecule has 3 heterocycles. The molecule has 6 nitrogen and oxygen atoms in total. The van der Waals surface area contributed by atoms with Crippen LogP contribution in [0.4, 0.5) is 0 Å². The van der Waals surface area contributed by atoms with E-state index in [1.165, 1.54) is 25.9 Å². The quantitative estimate of drug-likeness (QED) is 0.789. The van der Waals surface area contributed by atoms with E-state index in [4.69, 9.17) is 0 Å². The molecule has 3 aliphatic heterocycles. The lowest BCUT2D eigenvalue weighted by Gasteiger charge is -2.43. The van der Waals surface area contributed by atoms with Crippen molar-refractivity contribution >= 4 is 5.91 Å².